The number of rotatable bonds is 3. The van der Waals surface area contributed by atoms with E-state index in [-0.39, 0.29) is 12.5 Å². The summed E-state index contributed by atoms with van der Waals surface area (Å²) in [6, 6.07) is -0.774. The van der Waals surface area contributed by atoms with Crippen LogP contribution in [0.5, 0.6) is 0 Å². The van der Waals surface area contributed by atoms with Gasteiger partial charge in [0.05, 0.1) is 7.11 Å². The average Bonchev–Trinajstić information content (AvgIpc) is 1.98. The Labute approximate surface area is 64.9 Å². The summed E-state index contributed by atoms with van der Waals surface area (Å²) in [4.78, 5) is 21.0. The molecule has 11 heavy (non-hydrogen) atoms. The van der Waals surface area contributed by atoms with Gasteiger partial charge in [0.25, 0.3) is 0 Å². The van der Waals surface area contributed by atoms with Crippen LogP contribution in [-0.2, 0) is 14.3 Å². The van der Waals surface area contributed by atoms with Crippen LogP contribution < -0.4 is 11.1 Å². The monoisotopic (exact) mass is 160 g/mol. The van der Waals surface area contributed by atoms with Crippen molar-refractivity contribution in [2.24, 2.45) is 5.73 Å². The van der Waals surface area contributed by atoms with Crippen molar-refractivity contribution >= 4 is 11.9 Å². The second kappa shape index (κ2) is 4.68. The molecule has 5 heteroatoms. The normalized spacial score (nSPS) is 11.9. The summed E-state index contributed by atoms with van der Waals surface area (Å²) in [5.41, 5.74) is 5.29. The van der Waals surface area contributed by atoms with Crippen LogP contribution in [0.1, 0.15) is 6.92 Å². The summed E-state index contributed by atoms with van der Waals surface area (Å²) >= 11 is 0. The van der Waals surface area contributed by atoms with Crippen LogP contribution in [0.3, 0.4) is 0 Å². The van der Waals surface area contributed by atoms with Crippen molar-refractivity contribution in [3.8, 4) is 0 Å². The maximum atomic E-state index is 10.6. The fourth-order valence-electron chi connectivity index (χ4n) is 0.488. The Balaban J connectivity index is 3.60. The number of amides is 1. The predicted octanol–water partition coefficient (Wildman–Crippen LogP) is -1.38. The van der Waals surface area contributed by atoms with E-state index in [0.29, 0.717) is 0 Å². The number of nitrogens with two attached hydrogens (primary N) is 1. The number of hydrogen-bond acceptors (Lipinski definition) is 4. The second-order valence-electron chi connectivity index (χ2n) is 2.07. The Morgan fingerprint density at radius 2 is 2.18 bits per heavy atom. The second-order valence-corrected chi connectivity index (χ2v) is 2.07. The Morgan fingerprint density at radius 1 is 1.64 bits per heavy atom. The third-order valence-electron chi connectivity index (χ3n) is 1.07. The van der Waals surface area contributed by atoms with Crippen molar-refractivity contribution in [2.75, 3.05) is 13.7 Å². The van der Waals surface area contributed by atoms with Crippen LogP contribution in [0.2, 0.25) is 0 Å². The molecule has 0 radical (unpaired) electrons. The highest BCUT2D eigenvalue weighted by atomic mass is 16.5. The molecule has 0 aromatic carbocycles. The molecule has 0 aliphatic heterocycles. The van der Waals surface area contributed by atoms with Gasteiger partial charge in [0.15, 0.2) is 0 Å². The SMILES string of the molecule is COC(=O)[C@@H](N)CNC(C)=O. The average molecular weight is 160 g/mol. The zero-order valence-electron chi connectivity index (χ0n) is 6.59. The topological polar surface area (TPSA) is 81.4 Å². The molecule has 0 saturated heterocycles. The van der Waals surface area contributed by atoms with E-state index in [1.165, 1.54) is 14.0 Å². The van der Waals surface area contributed by atoms with E-state index in [1.54, 1.807) is 0 Å². The molecular formula is C6H12N2O3. The van der Waals surface area contributed by atoms with E-state index in [9.17, 15) is 9.59 Å². The molecule has 0 aromatic heterocycles. The molecule has 1 atom stereocenters. The van der Waals surface area contributed by atoms with Gasteiger partial charge in [-0.1, -0.05) is 0 Å². The Kier molecular flexibility index (Phi) is 4.21. The van der Waals surface area contributed by atoms with Crippen molar-refractivity contribution in [1.82, 2.24) is 5.32 Å². The largest absolute Gasteiger partial charge is 0.468 e. The summed E-state index contributed by atoms with van der Waals surface area (Å²) in [5, 5.41) is 2.40. The summed E-state index contributed by atoms with van der Waals surface area (Å²) < 4.78 is 4.33. The van der Waals surface area contributed by atoms with E-state index in [0.717, 1.165) is 0 Å². The highest BCUT2D eigenvalue weighted by Gasteiger charge is 2.12. The minimum absolute atomic E-state index is 0.113. The fraction of sp³-hybridized carbons (Fsp3) is 0.667. The quantitative estimate of drug-likeness (QED) is 0.499. The molecule has 0 saturated carbocycles. The molecular weight excluding hydrogens is 148 g/mol. The molecule has 64 valence electrons. The van der Waals surface area contributed by atoms with E-state index in [1.807, 2.05) is 0 Å². The van der Waals surface area contributed by atoms with Crippen molar-refractivity contribution in [2.45, 2.75) is 13.0 Å². The number of methoxy groups -OCH3 is 1. The van der Waals surface area contributed by atoms with Gasteiger partial charge < -0.3 is 15.8 Å². The minimum Gasteiger partial charge on any atom is -0.468 e. The summed E-state index contributed by atoms with van der Waals surface area (Å²) in [6.07, 6.45) is 0. The summed E-state index contributed by atoms with van der Waals surface area (Å²) in [7, 11) is 1.25. The number of esters is 1. The predicted molar refractivity (Wildman–Crippen MR) is 38.7 cm³/mol. The van der Waals surface area contributed by atoms with E-state index in [4.69, 9.17) is 5.73 Å². The molecule has 0 rings (SSSR count). The fourth-order valence-corrected chi connectivity index (χ4v) is 0.488. The molecule has 0 aliphatic rings. The van der Waals surface area contributed by atoms with Crippen LogP contribution in [0.25, 0.3) is 0 Å². The number of carbonyl (C=O) groups excluding carboxylic acids is 2. The summed E-state index contributed by atoms with van der Waals surface area (Å²) in [5.74, 6) is -0.747. The molecule has 1 amide bonds. The first-order chi connectivity index (χ1) is 5.07. The van der Waals surface area contributed by atoms with Crippen LogP contribution in [0, 0.1) is 0 Å². The van der Waals surface area contributed by atoms with Gasteiger partial charge in [0.1, 0.15) is 6.04 Å². The van der Waals surface area contributed by atoms with Gasteiger partial charge in [-0.15, -0.1) is 0 Å². The van der Waals surface area contributed by atoms with Gasteiger partial charge in [0, 0.05) is 13.5 Å². The lowest BCUT2D eigenvalue weighted by Gasteiger charge is -2.08. The number of nitrogens with one attached hydrogen (secondary N) is 1. The van der Waals surface area contributed by atoms with Gasteiger partial charge in [0.2, 0.25) is 5.91 Å². The first-order valence-electron chi connectivity index (χ1n) is 3.15. The summed E-state index contributed by atoms with van der Waals surface area (Å²) in [6.45, 7) is 1.46. The van der Waals surface area contributed by atoms with Crippen molar-refractivity contribution in [1.29, 1.82) is 0 Å². The first-order valence-corrected chi connectivity index (χ1v) is 3.15. The Hall–Kier alpha value is -1.10. The maximum absolute atomic E-state index is 10.6. The molecule has 0 bridgehead atoms. The zero-order chi connectivity index (χ0) is 8.85. The molecule has 0 aromatic rings. The van der Waals surface area contributed by atoms with Crippen LogP contribution in [0.15, 0.2) is 0 Å². The van der Waals surface area contributed by atoms with Gasteiger partial charge >= 0.3 is 5.97 Å². The van der Waals surface area contributed by atoms with Crippen LogP contribution in [0.4, 0.5) is 0 Å². The lowest BCUT2D eigenvalue weighted by Crippen LogP contribution is -2.42. The molecule has 5 nitrogen and oxygen atoms in total. The molecule has 0 unspecified atom stereocenters. The van der Waals surface area contributed by atoms with Gasteiger partial charge in [-0.3, -0.25) is 9.59 Å². The Bertz CT molecular complexity index is 158. The van der Waals surface area contributed by atoms with Crippen LogP contribution >= 0.6 is 0 Å². The van der Waals surface area contributed by atoms with Gasteiger partial charge in [-0.25, -0.2) is 0 Å². The number of carbonyl (C=O) groups is 2. The first kappa shape index (κ1) is 9.90. The number of ether oxygens (including phenoxy) is 1. The highest BCUT2D eigenvalue weighted by molar-refractivity contribution is 5.77. The van der Waals surface area contributed by atoms with Crippen molar-refractivity contribution in [3.05, 3.63) is 0 Å². The van der Waals surface area contributed by atoms with Crippen molar-refractivity contribution < 1.29 is 14.3 Å². The molecule has 0 spiro atoms. The molecule has 0 aliphatic carbocycles. The minimum atomic E-state index is -0.774. The standard InChI is InChI=1S/C6H12N2O3/c1-4(9)8-3-5(7)6(10)11-2/h5H,3,7H2,1-2H3,(H,8,9)/t5-/m0/s1. The van der Waals surface area contributed by atoms with Crippen molar-refractivity contribution in [3.63, 3.8) is 0 Å². The number of hydrogen-bond donors (Lipinski definition) is 2. The lowest BCUT2D eigenvalue weighted by atomic mass is 10.3. The van der Waals surface area contributed by atoms with Gasteiger partial charge in [-0.05, 0) is 0 Å². The molecule has 3 N–H and O–H groups in total. The van der Waals surface area contributed by atoms with Gasteiger partial charge in [-0.2, -0.15) is 0 Å². The lowest BCUT2D eigenvalue weighted by molar-refractivity contribution is -0.142. The zero-order valence-corrected chi connectivity index (χ0v) is 6.59. The van der Waals surface area contributed by atoms with E-state index < -0.39 is 12.0 Å². The highest BCUT2D eigenvalue weighted by Crippen LogP contribution is 1.80. The third kappa shape index (κ3) is 4.32. The van der Waals surface area contributed by atoms with Crippen LogP contribution in [-0.4, -0.2) is 31.6 Å². The van der Waals surface area contributed by atoms with E-state index >= 15 is 0 Å². The third-order valence-corrected chi connectivity index (χ3v) is 1.07. The molecule has 0 fully saturated rings. The Morgan fingerprint density at radius 3 is 2.55 bits per heavy atom. The maximum Gasteiger partial charge on any atom is 0.324 e. The molecule has 0 heterocycles. The smallest absolute Gasteiger partial charge is 0.324 e. The van der Waals surface area contributed by atoms with E-state index in [2.05, 4.69) is 10.1 Å².